The average molecular weight is 227 g/mol. The number of hydrogen-bond acceptors (Lipinski definition) is 3. The van der Waals surface area contributed by atoms with Gasteiger partial charge in [-0.3, -0.25) is 9.69 Å². The maximum Gasteiger partial charge on any atom is 0.239 e. The minimum Gasteiger partial charge on any atom is -0.341 e. The fourth-order valence-electron chi connectivity index (χ4n) is 2.39. The predicted octanol–water partition coefficient (Wildman–Crippen LogP) is 0.666. The highest BCUT2D eigenvalue weighted by Gasteiger charge is 2.28. The highest BCUT2D eigenvalue weighted by molar-refractivity contribution is 5.81. The van der Waals surface area contributed by atoms with E-state index >= 15 is 0 Å². The summed E-state index contributed by atoms with van der Waals surface area (Å²) in [5.41, 5.74) is 5.59. The summed E-state index contributed by atoms with van der Waals surface area (Å²) in [5, 5.41) is 0. The third kappa shape index (κ3) is 3.19. The van der Waals surface area contributed by atoms with Gasteiger partial charge in [0.1, 0.15) is 0 Å². The van der Waals surface area contributed by atoms with E-state index in [2.05, 4.69) is 18.7 Å². The Bertz CT molecular complexity index is 224. The van der Waals surface area contributed by atoms with Gasteiger partial charge in [0, 0.05) is 32.2 Å². The molecule has 0 aromatic heterocycles. The summed E-state index contributed by atoms with van der Waals surface area (Å²) in [6.45, 7) is 9.48. The molecule has 0 bridgehead atoms. The van der Waals surface area contributed by atoms with Gasteiger partial charge in [0.25, 0.3) is 0 Å². The summed E-state index contributed by atoms with van der Waals surface area (Å²) < 4.78 is 0. The van der Waals surface area contributed by atoms with E-state index in [1.54, 1.807) is 0 Å². The molecule has 94 valence electrons. The zero-order chi connectivity index (χ0) is 12.1. The van der Waals surface area contributed by atoms with Crippen LogP contribution in [-0.4, -0.2) is 54.0 Å². The second-order valence-electron chi connectivity index (χ2n) is 4.83. The first-order valence-corrected chi connectivity index (χ1v) is 6.32. The Hall–Kier alpha value is -0.610. The Morgan fingerprint density at radius 3 is 2.31 bits per heavy atom. The van der Waals surface area contributed by atoms with Crippen molar-refractivity contribution in [1.82, 2.24) is 9.80 Å². The van der Waals surface area contributed by atoms with Gasteiger partial charge in [-0.1, -0.05) is 0 Å². The monoisotopic (exact) mass is 227 g/mol. The summed E-state index contributed by atoms with van der Waals surface area (Å²) in [5.74, 6) is 0.264. The Morgan fingerprint density at radius 1 is 1.31 bits per heavy atom. The number of amides is 1. The van der Waals surface area contributed by atoms with Crippen molar-refractivity contribution in [3.8, 4) is 0 Å². The molecule has 2 N–H and O–H groups in total. The van der Waals surface area contributed by atoms with Crippen LogP contribution in [0.15, 0.2) is 0 Å². The summed E-state index contributed by atoms with van der Waals surface area (Å²) in [4.78, 5) is 16.4. The standard InChI is InChI=1S/C12H25N3O/c1-10(2)15(9-6-13)11(3)12(16)14-7-4-5-8-14/h10-11H,4-9,13H2,1-3H3. The lowest BCUT2D eigenvalue weighted by Crippen LogP contribution is -2.50. The van der Waals surface area contributed by atoms with E-state index in [-0.39, 0.29) is 11.9 Å². The highest BCUT2D eigenvalue weighted by atomic mass is 16.2. The minimum atomic E-state index is -0.0401. The molecule has 1 amide bonds. The van der Waals surface area contributed by atoms with Crippen LogP contribution in [0.3, 0.4) is 0 Å². The third-order valence-electron chi connectivity index (χ3n) is 3.32. The van der Waals surface area contributed by atoms with Gasteiger partial charge < -0.3 is 10.6 Å². The molecule has 1 unspecified atom stereocenters. The molecule has 0 aromatic rings. The summed E-state index contributed by atoms with van der Waals surface area (Å²) >= 11 is 0. The van der Waals surface area contributed by atoms with E-state index in [0.717, 1.165) is 32.5 Å². The summed E-state index contributed by atoms with van der Waals surface area (Å²) in [6, 6.07) is 0.326. The molecule has 1 fully saturated rings. The van der Waals surface area contributed by atoms with Crippen molar-refractivity contribution in [2.45, 2.75) is 45.7 Å². The molecule has 1 aliphatic rings. The van der Waals surface area contributed by atoms with E-state index in [9.17, 15) is 4.79 Å². The Labute approximate surface area is 98.8 Å². The van der Waals surface area contributed by atoms with Crippen molar-refractivity contribution in [3.63, 3.8) is 0 Å². The molecule has 0 radical (unpaired) electrons. The van der Waals surface area contributed by atoms with Gasteiger partial charge in [-0.25, -0.2) is 0 Å². The SMILES string of the molecule is CC(C)N(CCN)C(C)C(=O)N1CCCC1. The van der Waals surface area contributed by atoms with E-state index in [1.165, 1.54) is 0 Å². The van der Waals surface area contributed by atoms with Gasteiger partial charge in [-0.2, -0.15) is 0 Å². The quantitative estimate of drug-likeness (QED) is 0.751. The molecule has 1 aliphatic heterocycles. The van der Waals surface area contributed by atoms with E-state index in [4.69, 9.17) is 5.73 Å². The largest absolute Gasteiger partial charge is 0.341 e. The van der Waals surface area contributed by atoms with Gasteiger partial charge in [0.2, 0.25) is 5.91 Å². The predicted molar refractivity (Wildman–Crippen MR) is 66.2 cm³/mol. The Balaban J connectivity index is 2.58. The maximum atomic E-state index is 12.2. The maximum absolute atomic E-state index is 12.2. The number of rotatable bonds is 5. The molecule has 1 saturated heterocycles. The van der Waals surface area contributed by atoms with E-state index < -0.39 is 0 Å². The Morgan fingerprint density at radius 2 is 1.88 bits per heavy atom. The van der Waals surface area contributed by atoms with Gasteiger partial charge >= 0.3 is 0 Å². The number of likely N-dealkylation sites (tertiary alicyclic amines) is 1. The second-order valence-corrected chi connectivity index (χ2v) is 4.83. The van der Waals surface area contributed by atoms with Gasteiger partial charge in [-0.05, 0) is 33.6 Å². The van der Waals surface area contributed by atoms with E-state index in [0.29, 0.717) is 12.6 Å². The molecule has 0 aromatic carbocycles. The Kier molecular flexibility index (Phi) is 5.22. The lowest BCUT2D eigenvalue weighted by atomic mass is 10.2. The molecule has 0 spiro atoms. The molecule has 1 rings (SSSR count). The number of hydrogen-bond donors (Lipinski definition) is 1. The van der Waals surface area contributed by atoms with Crippen LogP contribution in [0, 0.1) is 0 Å². The molecule has 0 aliphatic carbocycles. The van der Waals surface area contributed by atoms with Crippen LogP contribution in [0.5, 0.6) is 0 Å². The molecule has 1 heterocycles. The van der Waals surface area contributed by atoms with Crippen molar-refractivity contribution in [2.75, 3.05) is 26.2 Å². The zero-order valence-electron chi connectivity index (χ0n) is 10.8. The average Bonchev–Trinajstić information content (AvgIpc) is 2.76. The van der Waals surface area contributed by atoms with Crippen LogP contribution < -0.4 is 5.73 Å². The summed E-state index contributed by atoms with van der Waals surface area (Å²) in [7, 11) is 0. The zero-order valence-corrected chi connectivity index (χ0v) is 10.8. The number of nitrogens with zero attached hydrogens (tertiary/aromatic N) is 2. The topological polar surface area (TPSA) is 49.6 Å². The van der Waals surface area contributed by atoms with Crippen LogP contribution in [0.1, 0.15) is 33.6 Å². The first-order valence-electron chi connectivity index (χ1n) is 6.32. The van der Waals surface area contributed by atoms with Crippen molar-refractivity contribution < 1.29 is 4.79 Å². The highest BCUT2D eigenvalue weighted by Crippen LogP contribution is 2.13. The van der Waals surface area contributed by atoms with Crippen molar-refractivity contribution in [3.05, 3.63) is 0 Å². The van der Waals surface area contributed by atoms with Crippen LogP contribution >= 0.6 is 0 Å². The normalized spacial score (nSPS) is 18.5. The molecule has 4 nitrogen and oxygen atoms in total. The fraction of sp³-hybridized carbons (Fsp3) is 0.917. The number of carbonyl (C=O) groups is 1. The van der Waals surface area contributed by atoms with Crippen molar-refractivity contribution in [2.24, 2.45) is 5.73 Å². The molecule has 4 heteroatoms. The van der Waals surface area contributed by atoms with Crippen LogP contribution in [0.25, 0.3) is 0 Å². The number of nitrogens with two attached hydrogens (primary N) is 1. The molecule has 16 heavy (non-hydrogen) atoms. The lowest BCUT2D eigenvalue weighted by Gasteiger charge is -2.33. The van der Waals surface area contributed by atoms with Crippen molar-refractivity contribution in [1.29, 1.82) is 0 Å². The summed E-state index contributed by atoms with van der Waals surface area (Å²) in [6.07, 6.45) is 2.30. The van der Waals surface area contributed by atoms with Gasteiger partial charge in [0.05, 0.1) is 6.04 Å². The first-order chi connectivity index (χ1) is 7.57. The van der Waals surface area contributed by atoms with Gasteiger partial charge in [-0.15, -0.1) is 0 Å². The fourth-order valence-corrected chi connectivity index (χ4v) is 2.39. The van der Waals surface area contributed by atoms with Gasteiger partial charge in [0.15, 0.2) is 0 Å². The minimum absolute atomic E-state index is 0.0401. The van der Waals surface area contributed by atoms with Crippen LogP contribution in [0.2, 0.25) is 0 Å². The molecule has 0 saturated carbocycles. The van der Waals surface area contributed by atoms with Crippen LogP contribution in [-0.2, 0) is 4.79 Å². The van der Waals surface area contributed by atoms with Crippen LogP contribution in [0.4, 0.5) is 0 Å². The van der Waals surface area contributed by atoms with E-state index in [1.807, 2.05) is 11.8 Å². The number of carbonyl (C=O) groups excluding carboxylic acids is 1. The van der Waals surface area contributed by atoms with Crippen molar-refractivity contribution >= 4 is 5.91 Å². The molecule has 1 atom stereocenters. The third-order valence-corrected chi connectivity index (χ3v) is 3.32. The smallest absolute Gasteiger partial charge is 0.239 e. The molecular formula is C12H25N3O. The molecular weight excluding hydrogens is 202 g/mol. The second kappa shape index (κ2) is 6.21. The lowest BCUT2D eigenvalue weighted by molar-refractivity contribution is -0.136. The first kappa shape index (κ1) is 13.5.